The van der Waals surface area contributed by atoms with E-state index in [-0.39, 0.29) is 12.4 Å². The van der Waals surface area contributed by atoms with Gasteiger partial charge in [0.15, 0.2) is 11.2 Å². The third-order valence-corrected chi connectivity index (χ3v) is 5.85. The second-order valence-electron chi connectivity index (χ2n) is 7.77. The largest absolute Gasteiger partial charge is 0.495 e. The van der Waals surface area contributed by atoms with Crippen LogP contribution in [0.15, 0.2) is 58.1 Å². The molecule has 1 aliphatic heterocycles. The Labute approximate surface area is 182 Å². The number of hydrogen-bond acceptors (Lipinski definition) is 5. The van der Waals surface area contributed by atoms with Gasteiger partial charge in [0.05, 0.1) is 19.3 Å². The second kappa shape index (κ2) is 7.67. The van der Waals surface area contributed by atoms with Crippen LogP contribution in [0.4, 0.5) is 16.0 Å². The summed E-state index contributed by atoms with van der Waals surface area (Å²) in [6.07, 6.45) is 0.802. The first kappa shape index (κ1) is 20.0. The van der Waals surface area contributed by atoms with Crippen LogP contribution in [0.25, 0.3) is 11.2 Å². The first-order chi connectivity index (χ1) is 15.5. The van der Waals surface area contributed by atoms with Crippen LogP contribution in [0.5, 0.6) is 5.75 Å². The lowest BCUT2D eigenvalue weighted by atomic mass is 10.2. The fourth-order valence-electron chi connectivity index (χ4n) is 4.26. The third kappa shape index (κ3) is 3.08. The van der Waals surface area contributed by atoms with Crippen molar-refractivity contribution in [3.8, 4) is 5.75 Å². The number of ether oxygens (including phenoxy) is 1. The molecule has 8 nitrogen and oxygen atoms in total. The maximum absolute atomic E-state index is 13.4. The summed E-state index contributed by atoms with van der Waals surface area (Å²) in [7, 11) is 3.22. The first-order valence-electron chi connectivity index (χ1n) is 10.3. The van der Waals surface area contributed by atoms with E-state index in [1.807, 2.05) is 33.7 Å². The zero-order valence-corrected chi connectivity index (χ0v) is 17.8. The number of rotatable bonds is 4. The van der Waals surface area contributed by atoms with Crippen molar-refractivity contribution in [2.24, 2.45) is 7.05 Å². The van der Waals surface area contributed by atoms with Crippen molar-refractivity contribution in [1.29, 1.82) is 0 Å². The van der Waals surface area contributed by atoms with Gasteiger partial charge in [-0.05, 0) is 36.2 Å². The van der Waals surface area contributed by atoms with E-state index in [0.717, 1.165) is 12.1 Å². The van der Waals surface area contributed by atoms with Crippen molar-refractivity contribution in [2.45, 2.75) is 19.5 Å². The van der Waals surface area contributed by atoms with Gasteiger partial charge in [-0.3, -0.25) is 13.9 Å². The highest BCUT2D eigenvalue weighted by molar-refractivity contribution is 5.78. The van der Waals surface area contributed by atoms with Crippen LogP contribution in [0.1, 0.15) is 12.0 Å². The lowest BCUT2D eigenvalue weighted by molar-refractivity contribution is 0.414. The van der Waals surface area contributed by atoms with Gasteiger partial charge in [-0.1, -0.05) is 24.3 Å². The lowest BCUT2D eigenvalue weighted by Gasteiger charge is -2.30. The summed E-state index contributed by atoms with van der Waals surface area (Å²) < 4.78 is 23.2. The fraction of sp³-hybridized carbons (Fsp3) is 0.261. The number of halogens is 1. The first-order valence-corrected chi connectivity index (χ1v) is 10.3. The standard InChI is InChI=1S/C23H22FN5O3/c1-26-20-19(21(30)29(23(26)31)14-15-8-10-16(24)11-9-15)28-13-5-12-27(22(28)25-20)17-6-3-4-7-18(17)32-2/h3-4,6-11H,5,12-14H2,1-2H3. The van der Waals surface area contributed by atoms with E-state index >= 15 is 0 Å². The van der Waals surface area contributed by atoms with E-state index in [4.69, 9.17) is 9.72 Å². The molecular formula is C23H22FN5O3. The molecule has 0 amide bonds. The number of imidazole rings is 1. The predicted molar refractivity (Wildman–Crippen MR) is 119 cm³/mol. The van der Waals surface area contributed by atoms with Gasteiger partial charge in [0, 0.05) is 20.1 Å². The Kier molecular flexibility index (Phi) is 4.80. The fourth-order valence-corrected chi connectivity index (χ4v) is 4.26. The van der Waals surface area contributed by atoms with Crippen molar-refractivity contribution in [2.75, 3.05) is 18.6 Å². The highest BCUT2D eigenvalue weighted by Gasteiger charge is 2.28. The molecule has 0 saturated carbocycles. The molecule has 5 rings (SSSR count). The quantitative estimate of drug-likeness (QED) is 0.493. The summed E-state index contributed by atoms with van der Waals surface area (Å²) in [4.78, 5) is 33.2. The maximum atomic E-state index is 13.4. The summed E-state index contributed by atoms with van der Waals surface area (Å²) in [6.45, 7) is 1.38. The van der Waals surface area contributed by atoms with Gasteiger partial charge in [-0.2, -0.15) is 4.98 Å². The molecule has 32 heavy (non-hydrogen) atoms. The smallest absolute Gasteiger partial charge is 0.332 e. The molecule has 3 heterocycles. The van der Waals surface area contributed by atoms with Crippen molar-refractivity contribution in [3.63, 3.8) is 0 Å². The van der Waals surface area contributed by atoms with Crippen molar-refractivity contribution >= 4 is 22.8 Å². The topological polar surface area (TPSA) is 74.3 Å². The van der Waals surface area contributed by atoms with Gasteiger partial charge in [0.1, 0.15) is 11.6 Å². The number of anilines is 2. The number of nitrogens with zero attached hydrogens (tertiary/aromatic N) is 5. The van der Waals surface area contributed by atoms with Gasteiger partial charge >= 0.3 is 5.69 Å². The summed E-state index contributed by atoms with van der Waals surface area (Å²) in [6, 6.07) is 13.4. The van der Waals surface area contributed by atoms with E-state index in [1.165, 1.54) is 21.3 Å². The number of aromatic nitrogens is 4. The summed E-state index contributed by atoms with van der Waals surface area (Å²) in [5, 5.41) is 0. The molecule has 0 saturated heterocycles. The van der Waals surface area contributed by atoms with Gasteiger partial charge in [0.25, 0.3) is 5.56 Å². The number of aryl methyl sites for hydroxylation is 2. The van der Waals surface area contributed by atoms with E-state index in [9.17, 15) is 14.0 Å². The molecule has 0 atom stereocenters. The van der Waals surface area contributed by atoms with Gasteiger partial charge < -0.3 is 14.2 Å². The van der Waals surface area contributed by atoms with Crippen molar-refractivity contribution in [1.82, 2.24) is 18.7 Å². The molecule has 0 radical (unpaired) electrons. The highest BCUT2D eigenvalue weighted by atomic mass is 19.1. The van der Waals surface area contributed by atoms with Crippen molar-refractivity contribution < 1.29 is 9.13 Å². The second-order valence-corrected chi connectivity index (χ2v) is 7.77. The molecule has 2 aromatic carbocycles. The molecule has 9 heteroatoms. The minimum atomic E-state index is -0.467. The van der Waals surface area contributed by atoms with Gasteiger partial charge in [0.2, 0.25) is 5.95 Å². The number of para-hydroxylation sites is 2. The zero-order chi connectivity index (χ0) is 22.4. The van der Waals surface area contributed by atoms with E-state index < -0.39 is 11.2 Å². The van der Waals surface area contributed by atoms with Crippen LogP contribution in [0.3, 0.4) is 0 Å². The third-order valence-electron chi connectivity index (χ3n) is 5.85. The van der Waals surface area contributed by atoms with E-state index in [2.05, 4.69) is 0 Å². The summed E-state index contributed by atoms with van der Waals surface area (Å²) in [5.74, 6) is 0.934. The van der Waals surface area contributed by atoms with Crippen LogP contribution < -0.4 is 20.9 Å². The van der Waals surface area contributed by atoms with E-state index in [0.29, 0.717) is 41.5 Å². The Morgan fingerprint density at radius 3 is 2.56 bits per heavy atom. The summed E-state index contributed by atoms with van der Waals surface area (Å²) >= 11 is 0. The minimum Gasteiger partial charge on any atom is -0.495 e. The molecule has 1 aliphatic rings. The number of benzene rings is 2. The maximum Gasteiger partial charge on any atom is 0.332 e. The Hall–Kier alpha value is -3.88. The molecule has 0 fully saturated rings. The monoisotopic (exact) mass is 435 g/mol. The van der Waals surface area contributed by atoms with Crippen LogP contribution in [-0.2, 0) is 20.1 Å². The Balaban J connectivity index is 1.70. The molecule has 0 aliphatic carbocycles. The number of fused-ring (bicyclic) bond motifs is 3. The van der Waals surface area contributed by atoms with Crippen LogP contribution in [-0.4, -0.2) is 32.3 Å². The zero-order valence-electron chi connectivity index (χ0n) is 17.8. The molecule has 164 valence electrons. The Morgan fingerprint density at radius 2 is 1.81 bits per heavy atom. The minimum absolute atomic E-state index is 0.0540. The Morgan fingerprint density at radius 1 is 1.06 bits per heavy atom. The highest BCUT2D eigenvalue weighted by Crippen LogP contribution is 2.36. The molecule has 4 aromatic rings. The van der Waals surface area contributed by atoms with Crippen LogP contribution in [0.2, 0.25) is 0 Å². The molecule has 0 spiro atoms. The molecule has 0 bridgehead atoms. The predicted octanol–water partition coefficient (Wildman–Crippen LogP) is 2.63. The number of hydrogen-bond donors (Lipinski definition) is 0. The average molecular weight is 435 g/mol. The molecule has 0 unspecified atom stereocenters. The average Bonchev–Trinajstić information content (AvgIpc) is 3.22. The lowest BCUT2D eigenvalue weighted by Crippen LogP contribution is -2.40. The van der Waals surface area contributed by atoms with Crippen molar-refractivity contribution in [3.05, 3.63) is 80.7 Å². The number of methoxy groups -OCH3 is 1. The molecular weight excluding hydrogens is 413 g/mol. The summed E-state index contributed by atoms with van der Waals surface area (Å²) in [5.41, 5.74) is 1.36. The normalized spacial score (nSPS) is 13.4. The van der Waals surface area contributed by atoms with E-state index in [1.54, 1.807) is 26.3 Å². The Bertz CT molecular complexity index is 1440. The SMILES string of the molecule is COc1ccccc1N1CCCn2c1nc1c2c(=O)n(Cc2ccc(F)cc2)c(=O)n1C. The van der Waals surface area contributed by atoms with Gasteiger partial charge in [-0.25, -0.2) is 9.18 Å². The van der Waals surface area contributed by atoms with Crippen LogP contribution >= 0.6 is 0 Å². The van der Waals surface area contributed by atoms with Gasteiger partial charge in [-0.15, -0.1) is 0 Å². The van der Waals surface area contributed by atoms with Crippen LogP contribution in [0, 0.1) is 5.82 Å². The molecule has 2 aromatic heterocycles. The molecule has 0 N–H and O–H groups in total.